The van der Waals surface area contributed by atoms with Crippen molar-refractivity contribution in [1.29, 1.82) is 0 Å². The molecule has 0 bridgehead atoms. The van der Waals surface area contributed by atoms with Gasteiger partial charge in [-0.15, -0.1) is 0 Å². The minimum absolute atomic E-state index is 0.182. The highest BCUT2D eigenvalue weighted by Crippen LogP contribution is 2.10. The monoisotopic (exact) mass is 271 g/mol. The van der Waals surface area contributed by atoms with Gasteiger partial charge in [-0.2, -0.15) is 0 Å². The van der Waals surface area contributed by atoms with Crippen LogP contribution in [0, 0.1) is 0 Å². The van der Waals surface area contributed by atoms with Crippen molar-refractivity contribution in [2.45, 2.75) is 59.7 Å². The largest absolute Gasteiger partial charge is 0.460 e. The Morgan fingerprint density at radius 1 is 1.26 bits per heavy atom. The summed E-state index contributed by atoms with van der Waals surface area (Å²) in [6.45, 7) is 11.4. The molecule has 5 heteroatoms. The molecule has 0 N–H and O–H groups in total. The van der Waals surface area contributed by atoms with E-state index in [2.05, 4.69) is 0 Å². The number of carbonyl (C=O) groups is 2. The van der Waals surface area contributed by atoms with Crippen LogP contribution in [0.5, 0.6) is 0 Å². The van der Waals surface area contributed by atoms with Crippen molar-refractivity contribution in [2.75, 3.05) is 6.54 Å². The molecule has 1 amide bonds. The van der Waals surface area contributed by atoms with Crippen LogP contribution in [-0.4, -0.2) is 35.2 Å². The van der Waals surface area contributed by atoms with Crippen LogP contribution in [0.2, 0.25) is 0 Å². The lowest BCUT2D eigenvalue weighted by Crippen LogP contribution is -2.34. The summed E-state index contributed by atoms with van der Waals surface area (Å²) in [5.41, 5.74) is -0.560. The maximum atomic E-state index is 11.9. The molecule has 0 aromatic rings. The molecule has 0 unspecified atom stereocenters. The Hall–Kier alpha value is -1.52. The molecule has 0 aliphatic rings. The predicted octanol–water partition coefficient (Wildman–Crippen LogP) is 3.10. The molecular formula is C14H25NO4. The highest BCUT2D eigenvalue weighted by molar-refractivity contribution is 5.82. The lowest BCUT2D eigenvalue weighted by molar-refractivity contribution is -0.141. The van der Waals surface area contributed by atoms with Gasteiger partial charge < -0.3 is 9.47 Å². The molecule has 0 saturated carbocycles. The number of esters is 1. The fourth-order valence-electron chi connectivity index (χ4n) is 1.21. The van der Waals surface area contributed by atoms with Gasteiger partial charge in [-0.1, -0.05) is 6.92 Å². The third kappa shape index (κ3) is 9.11. The summed E-state index contributed by atoms with van der Waals surface area (Å²) in [7, 11) is 0. The van der Waals surface area contributed by atoms with Crippen molar-refractivity contribution in [3.05, 3.63) is 12.3 Å². The Morgan fingerprint density at radius 2 is 1.84 bits per heavy atom. The van der Waals surface area contributed by atoms with E-state index in [1.54, 1.807) is 34.6 Å². The van der Waals surface area contributed by atoms with Gasteiger partial charge in [0.15, 0.2) is 0 Å². The van der Waals surface area contributed by atoms with Crippen LogP contribution < -0.4 is 0 Å². The van der Waals surface area contributed by atoms with Crippen molar-refractivity contribution in [2.24, 2.45) is 0 Å². The fraction of sp³-hybridized carbons (Fsp3) is 0.714. The number of hydrogen-bond acceptors (Lipinski definition) is 4. The molecular weight excluding hydrogens is 246 g/mol. The number of nitrogens with zero attached hydrogens (tertiary/aromatic N) is 1. The first-order valence-corrected chi connectivity index (χ1v) is 6.54. The molecule has 0 fully saturated rings. The van der Waals surface area contributed by atoms with E-state index >= 15 is 0 Å². The van der Waals surface area contributed by atoms with Crippen LogP contribution in [0.1, 0.15) is 48.0 Å². The van der Waals surface area contributed by atoms with E-state index in [0.717, 1.165) is 6.42 Å². The van der Waals surface area contributed by atoms with Crippen LogP contribution in [0.3, 0.4) is 0 Å². The quantitative estimate of drug-likeness (QED) is 0.569. The average Bonchev–Trinajstić information content (AvgIpc) is 2.20. The third-order valence-corrected chi connectivity index (χ3v) is 1.83. The first-order valence-electron chi connectivity index (χ1n) is 6.54. The summed E-state index contributed by atoms with van der Waals surface area (Å²) in [5, 5.41) is 0. The van der Waals surface area contributed by atoms with E-state index in [1.165, 1.54) is 17.2 Å². The SMILES string of the molecule is CCCN(/C=C/C(=O)OC(C)C)C(=O)OC(C)(C)C. The molecule has 5 nitrogen and oxygen atoms in total. The number of ether oxygens (including phenoxy) is 2. The highest BCUT2D eigenvalue weighted by Gasteiger charge is 2.20. The fourth-order valence-corrected chi connectivity index (χ4v) is 1.21. The lowest BCUT2D eigenvalue weighted by Gasteiger charge is -2.24. The maximum absolute atomic E-state index is 11.9. The second-order valence-electron chi connectivity index (χ2n) is 5.48. The second kappa shape index (κ2) is 7.81. The maximum Gasteiger partial charge on any atom is 0.414 e. The number of carbonyl (C=O) groups excluding carboxylic acids is 2. The van der Waals surface area contributed by atoms with Crippen molar-refractivity contribution in [1.82, 2.24) is 4.90 Å². The zero-order chi connectivity index (χ0) is 15.1. The summed E-state index contributed by atoms with van der Waals surface area (Å²) < 4.78 is 10.2. The van der Waals surface area contributed by atoms with E-state index in [4.69, 9.17) is 9.47 Å². The molecule has 0 saturated heterocycles. The molecule has 0 aliphatic heterocycles. The zero-order valence-electron chi connectivity index (χ0n) is 12.7. The van der Waals surface area contributed by atoms with Gasteiger partial charge >= 0.3 is 12.1 Å². The predicted molar refractivity (Wildman–Crippen MR) is 73.6 cm³/mol. The minimum Gasteiger partial charge on any atom is -0.460 e. The molecule has 0 aromatic carbocycles. The minimum atomic E-state index is -0.560. The van der Waals surface area contributed by atoms with Gasteiger partial charge in [0.1, 0.15) is 5.60 Å². The van der Waals surface area contributed by atoms with Gasteiger partial charge in [-0.05, 0) is 41.0 Å². The first-order chi connectivity index (χ1) is 8.65. The van der Waals surface area contributed by atoms with Gasteiger partial charge in [-0.3, -0.25) is 4.90 Å². The summed E-state index contributed by atoms with van der Waals surface area (Å²) in [6, 6.07) is 0. The summed E-state index contributed by atoms with van der Waals surface area (Å²) in [6.07, 6.45) is 2.76. The van der Waals surface area contributed by atoms with E-state index < -0.39 is 17.7 Å². The Bertz CT molecular complexity index is 329. The summed E-state index contributed by atoms with van der Waals surface area (Å²) in [5.74, 6) is -0.473. The summed E-state index contributed by atoms with van der Waals surface area (Å²) in [4.78, 5) is 24.6. The van der Waals surface area contributed by atoms with E-state index in [-0.39, 0.29) is 6.10 Å². The van der Waals surface area contributed by atoms with Crippen LogP contribution in [0.15, 0.2) is 12.3 Å². The molecule has 0 heterocycles. The van der Waals surface area contributed by atoms with Gasteiger partial charge in [0, 0.05) is 18.8 Å². The van der Waals surface area contributed by atoms with Crippen molar-refractivity contribution >= 4 is 12.1 Å². The van der Waals surface area contributed by atoms with E-state index in [0.29, 0.717) is 6.54 Å². The van der Waals surface area contributed by atoms with Gasteiger partial charge in [-0.25, -0.2) is 9.59 Å². The average molecular weight is 271 g/mol. The number of amides is 1. The molecule has 19 heavy (non-hydrogen) atoms. The normalized spacial score (nSPS) is 11.7. The lowest BCUT2D eigenvalue weighted by atomic mass is 10.2. The molecule has 0 aromatic heterocycles. The Balaban J connectivity index is 4.60. The van der Waals surface area contributed by atoms with Crippen LogP contribution >= 0.6 is 0 Å². The molecule has 110 valence electrons. The van der Waals surface area contributed by atoms with Gasteiger partial charge in [0.05, 0.1) is 6.10 Å². The zero-order valence-corrected chi connectivity index (χ0v) is 12.7. The van der Waals surface area contributed by atoms with Crippen molar-refractivity contribution in [3.63, 3.8) is 0 Å². The Labute approximate surface area is 115 Å². The second-order valence-corrected chi connectivity index (χ2v) is 5.48. The third-order valence-electron chi connectivity index (χ3n) is 1.83. The highest BCUT2D eigenvalue weighted by atomic mass is 16.6. The molecule has 0 spiro atoms. The van der Waals surface area contributed by atoms with E-state index in [9.17, 15) is 9.59 Å². The van der Waals surface area contributed by atoms with Crippen LogP contribution in [0.25, 0.3) is 0 Å². The van der Waals surface area contributed by atoms with E-state index in [1.807, 2.05) is 6.92 Å². The summed E-state index contributed by atoms with van der Waals surface area (Å²) >= 11 is 0. The smallest absolute Gasteiger partial charge is 0.414 e. The van der Waals surface area contributed by atoms with Crippen molar-refractivity contribution in [3.8, 4) is 0 Å². The van der Waals surface area contributed by atoms with Crippen LogP contribution in [-0.2, 0) is 14.3 Å². The van der Waals surface area contributed by atoms with Gasteiger partial charge in [0.25, 0.3) is 0 Å². The molecule has 0 radical (unpaired) electrons. The first kappa shape index (κ1) is 17.5. The molecule has 0 rings (SSSR count). The Kier molecular flexibility index (Phi) is 7.19. The number of rotatable bonds is 5. The van der Waals surface area contributed by atoms with Crippen molar-refractivity contribution < 1.29 is 19.1 Å². The number of hydrogen-bond donors (Lipinski definition) is 0. The topological polar surface area (TPSA) is 55.8 Å². The van der Waals surface area contributed by atoms with Gasteiger partial charge in [0.2, 0.25) is 0 Å². The Morgan fingerprint density at radius 3 is 2.26 bits per heavy atom. The molecule has 0 aliphatic carbocycles. The van der Waals surface area contributed by atoms with Crippen LogP contribution in [0.4, 0.5) is 4.79 Å². The standard InChI is InChI=1S/C14H25NO4/c1-7-9-15(13(17)19-14(4,5)6)10-8-12(16)18-11(2)3/h8,10-11H,7,9H2,1-6H3/b10-8+. The molecule has 0 atom stereocenters.